The van der Waals surface area contributed by atoms with Crippen molar-refractivity contribution in [1.29, 1.82) is 0 Å². The van der Waals surface area contributed by atoms with Gasteiger partial charge in [0.25, 0.3) is 0 Å². The molecule has 0 aliphatic heterocycles. The van der Waals surface area contributed by atoms with Gasteiger partial charge in [0.15, 0.2) is 23.1 Å². The van der Waals surface area contributed by atoms with Crippen LogP contribution in [0.4, 0.5) is 0 Å². The summed E-state index contributed by atoms with van der Waals surface area (Å²) < 4.78 is 8.60. The lowest BCUT2D eigenvalue weighted by atomic mass is 10.1. The zero-order valence-corrected chi connectivity index (χ0v) is 24.1. The second-order valence-electron chi connectivity index (χ2n) is 10.7. The molecule has 3 aromatic heterocycles. The van der Waals surface area contributed by atoms with Crippen molar-refractivity contribution in [2.75, 3.05) is 0 Å². The summed E-state index contributed by atoms with van der Waals surface area (Å²) in [6.45, 7) is 0. The molecule has 9 rings (SSSR count). The zero-order chi connectivity index (χ0) is 29.0. The zero-order valence-electron chi connectivity index (χ0n) is 23.3. The number of fused-ring (bicyclic) bond motifs is 6. The minimum absolute atomic E-state index is 0.626. The van der Waals surface area contributed by atoms with Gasteiger partial charge in [-0.25, -0.2) is 19.9 Å². The maximum Gasteiger partial charge on any atom is 0.227 e. The second-order valence-corrected chi connectivity index (χ2v) is 11.8. The van der Waals surface area contributed by atoms with Crippen LogP contribution in [0, 0.1) is 0 Å². The maximum absolute atomic E-state index is 6.30. The number of hydrogen-bond donors (Lipinski definition) is 0. The first kappa shape index (κ1) is 24.8. The van der Waals surface area contributed by atoms with E-state index in [1.807, 2.05) is 66.7 Å². The summed E-state index contributed by atoms with van der Waals surface area (Å²) in [4.78, 5) is 19.7. The first-order chi connectivity index (χ1) is 21.8. The summed E-state index contributed by atoms with van der Waals surface area (Å²) in [6, 6.07) is 45.3. The standard InChI is InChI=1S/C38H22N4OS/c1-3-10-24(11-4-1)35-40-36(25-12-5-2-6-13-25)42-37(41-35)27-17-18-29-32(22-27)44-31-20-19-30-34(33(29)31)39-38(43-30)28-16-15-23-9-7-8-14-26(23)21-28/h1-22H. The summed E-state index contributed by atoms with van der Waals surface area (Å²) >= 11 is 1.74. The van der Waals surface area contributed by atoms with Crippen molar-refractivity contribution in [3.63, 3.8) is 0 Å². The Kier molecular flexibility index (Phi) is 5.61. The van der Waals surface area contributed by atoms with E-state index in [2.05, 4.69) is 66.7 Å². The Morgan fingerprint density at radius 3 is 1.82 bits per heavy atom. The Balaban J connectivity index is 1.18. The molecule has 3 heterocycles. The van der Waals surface area contributed by atoms with Crippen LogP contribution in [-0.2, 0) is 0 Å². The van der Waals surface area contributed by atoms with Gasteiger partial charge in [-0.1, -0.05) is 103 Å². The summed E-state index contributed by atoms with van der Waals surface area (Å²) in [5.41, 5.74) is 5.46. The topological polar surface area (TPSA) is 64.7 Å². The van der Waals surface area contributed by atoms with E-state index in [0.717, 1.165) is 58.9 Å². The molecule has 6 heteroatoms. The summed E-state index contributed by atoms with van der Waals surface area (Å²) in [7, 11) is 0. The molecule has 0 amide bonds. The molecule has 0 N–H and O–H groups in total. The van der Waals surface area contributed by atoms with E-state index in [4.69, 9.17) is 24.4 Å². The number of rotatable bonds is 4. The SMILES string of the molecule is c1ccc(-c2nc(-c3ccccc3)nc(-c3ccc4c(c3)sc3ccc5oc(-c6ccc7ccccc7c6)nc5c34)n2)cc1. The van der Waals surface area contributed by atoms with E-state index < -0.39 is 0 Å². The third-order valence-corrected chi connectivity index (χ3v) is 9.07. The van der Waals surface area contributed by atoms with Gasteiger partial charge in [-0.15, -0.1) is 11.3 Å². The highest BCUT2D eigenvalue weighted by atomic mass is 32.1. The van der Waals surface area contributed by atoms with Crippen LogP contribution in [0.15, 0.2) is 138 Å². The molecule has 0 saturated carbocycles. The Morgan fingerprint density at radius 1 is 0.455 bits per heavy atom. The van der Waals surface area contributed by atoms with Crippen molar-refractivity contribution >= 4 is 53.4 Å². The summed E-state index contributed by atoms with van der Waals surface area (Å²) in [6.07, 6.45) is 0. The van der Waals surface area contributed by atoms with E-state index in [1.54, 1.807) is 11.3 Å². The second kappa shape index (κ2) is 9.93. The van der Waals surface area contributed by atoms with Gasteiger partial charge in [-0.05, 0) is 41.1 Å². The maximum atomic E-state index is 6.30. The van der Waals surface area contributed by atoms with E-state index in [1.165, 1.54) is 5.39 Å². The predicted molar refractivity (Wildman–Crippen MR) is 180 cm³/mol. The van der Waals surface area contributed by atoms with Crippen LogP contribution in [0.1, 0.15) is 0 Å². The van der Waals surface area contributed by atoms with Crippen LogP contribution in [-0.4, -0.2) is 19.9 Å². The number of nitrogens with zero attached hydrogens (tertiary/aromatic N) is 4. The number of oxazole rings is 1. The summed E-state index contributed by atoms with van der Waals surface area (Å²) in [5.74, 6) is 2.57. The third kappa shape index (κ3) is 4.15. The van der Waals surface area contributed by atoms with Crippen LogP contribution in [0.5, 0.6) is 0 Å². The number of aromatic nitrogens is 4. The number of thiophene rings is 1. The Morgan fingerprint density at radius 2 is 1.09 bits per heavy atom. The lowest BCUT2D eigenvalue weighted by Gasteiger charge is -2.08. The monoisotopic (exact) mass is 582 g/mol. The molecule has 206 valence electrons. The number of hydrogen-bond acceptors (Lipinski definition) is 6. The summed E-state index contributed by atoms with van der Waals surface area (Å²) in [5, 5.41) is 4.60. The van der Waals surface area contributed by atoms with Gasteiger partial charge in [-0.3, -0.25) is 0 Å². The highest BCUT2D eigenvalue weighted by Crippen LogP contribution is 2.41. The van der Waals surface area contributed by atoms with Crippen LogP contribution in [0.3, 0.4) is 0 Å². The molecule has 0 atom stereocenters. The van der Waals surface area contributed by atoms with Gasteiger partial charge < -0.3 is 4.42 Å². The normalized spacial score (nSPS) is 11.6. The lowest BCUT2D eigenvalue weighted by molar-refractivity contribution is 0.620. The molecule has 6 aromatic carbocycles. The lowest BCUT2D eigenvalue weighted by Crippen LogP contribution is -1.99. The molecule has 0 aliphatic rings. The fourth-order valence-corrected chi connectivity index (χ4v) is 6.92. The van der Waals surface area contributed by atoms with Gasteiger partial charge in [0.1, 0.15) is 5.52 Å². The molecule has 0 unspecified atom stereocenters. The van der Waals surface area contributed by atoms with Gasteiger partial charge in [-0.2, -0.15) is 0 Å². The molecule has 5 nitrogen and oxygen atoms in total. The van der Waals surface area contributed by atoms with Crippen molar-refractivity contribution in [1.82, 2.24) is 19.9 Å². The predicted octanol–water partition coefficient (Wildman–Crippen LogP) is 10.2. The van der Waals surface area contributed by atoms with Crippen molar-refractivity contribution in [3.8, 4) is 45.6 Å². The third-order valence-electron chi connectivity index (χ3n) is 7.95. The molecule has 0 spiro atoms. The molecule has 0 bridgehead atoms. The first-order valence-corrected chi connectivity index (χ1v) is 15.2. The van der Waals surface area contributed by atoms with Gasteiger partial charge in [0, 0.05) is 42.4 Å². The van der Waals surface area contributed by atoms with E-state index in [9.17, 15) is 0 Å². The van der Waals surface area contributed by atoms with Gasteiger partial charge in [0.2, 0.25) is 5.89 Å². The van der Waals surface area contributed by atoms with Crippen LogP contribution >= 0.6 is 11.3 Å². The largest absolute Gasteiger partial charge is 0.436 e. The highest BCUT2D eigenvalue weighted by Gasteiger charge is 2.17. The molecule has 0 fully saturated rings. The Labute approximate surface area is 256 Å². The minimum Gasteiger partial charge on any atom is -0.436 e. The van der Waals surface area contributed by atoms with Gasteiger partial charge >= 0.3 is 0 Å². The average molecular weight is 583 g/mol. The molecular weight excluding hydrogens is 561 g/mol. The molecule has 9 aromatic rings. The van der Waals surface area contributed by atoms with E-state index >= 15 is 0 Å². The first-order valence-electron chi connectivity index (χ1n) is 14.4. The highest BCUT2D eigenvalue weighted by molar-refractivity contribution is 7.26. The van der Waals surface area contributed by atoms with Crippen LogP contribution in [0.2, 0.25) is 0 Å². The van der Waals surface area contributed by atoms with E-state index in [0.29, 0.717) is 23.4 Å². The molecule has 44 heavy (non-hydrogen) atoms. The van der Waals surface area contributed by atoms with Crippen molar-refractivity contribution in [2.24, 2.45) is 0 Å². The quantitative estimate of drug-likeness (QED) is 0.207. The van der Waals surface area contributed by atoms with Crippen molar-refractivity contribution in [3.05, 3.63) is 133 Å². The Bertz CT molecular complexity index is 2440. The fourth-order valence-electron chi connectivity index (χ4n) is 5.78. The molecule has 0 saturated heterocycles. The average Bonchev–Trinajstić information content (AvgIpc) is 3.70. The Hall–Kier alpha value is -5.72. The van der Waals surface area contributed by atoms with Crippen molar-refractivity contribution < 1.29 is 4.42 Å². The number of benzene rings is 6. The smallest absolute Gasteiger partial charge is 0.227 e. The van der Waals surface area contributed by atoms with Crippen molar-refractivity contribution in [2.45, 2.75) is 0 Å². The molecule has 0 radical (unpaired) electrons. The van der Waals surface area contributed by atoms with Crippen LogP contribution < -0.4 is 0 Å². The van der Waals surface area contributed by atoms with Gasteiger partial charge in [0.05, 0.1) is 0 Å². The molecule has 0 aliphatic carbocycles. The fraction of sp³-hybridized carbons (Fsp3) is 0. The van der Waals surface area contributed by atoms with Crippen LogP contribution in [0.25, 0.3) is 87.7 Å². The molecular formula is C38H22N4OS. The van der Waals surface area contributed by atoms with E-state index in [-0.39, 0.29) is 0 Å². The minimum atomic E-state index is 0.626.